The number of nitrogens with two attached hydrogens (primary N) is 1. The first-order valence-corrected chi connectivity index (χ1v) is 6.41. The van der Waals surface area contributed by atoms with Crippen LogP contribution in [-0.4, -0.2) is 32.7 Å². The third kappa shape index (κ3) is 3.38. The van der Waals surface area contributed by atoms with Crippen molar-refractivity contribution in [1.82, 2.24) is 5.32 Å². The molecule has 0 radical (unpaired) electrons. The Labute approximate surface area is 113 Å². The molecule has 5 nitrogen and oxygen atoms in total. The van der Waals surface area contributed by atoms with E-state index < -0.39 is 0 Å². The lowest BCUT2D eigenvalue weighted by Crippen LogP contribution is -2.38. The van der Waals surface area contributed by atoms with Crippen molar-refractivity contribution in [3.05, 3.63) is 23.8 Å². The van der Waals surface area contributed by atoms with Gasteiger partial charge < -0.3 is 20.5 Å². The highest BCUT2D eigenvalue weighted by molar-refractivity contribution is 5.97. The molecule has 1 fully saturated rings. The molecule has 1 aliphatic rings. The SMILES string of the molecule is COc1ccc(C(=O)NCC(N)C2CC2)c(OC)c1. The van der Waals surface area contributed by atoms with Crippen LogP contribution < -0.4 is 20.5 Å². The van der Waals surface area contributed by atoms with Crippen molar-refractivity contribution >= 4 is 5.91 Å². The number of rotatable bonds is 6. The first kappa shape index (κ1) is 13.7. The van der Waals surface area contributed by atoms with Crippen LogP contribution in [0.3, 0.4) is 0 Å². The molecule has 0 spiro atoms. The van der Waals surface area contributed by atoms with Gasteiger partial charge in [-0.15, -0.1) is 0 Å². The summed E-state index contributed by atoms with van der Waals surface area (Å²) in [6.07, 6.45) is 2.34. The van der Waals surface area contributed by atoms with E-state index in [9.17, 15) is 4.79 Å². The van der Waals surface area contributed by atoms with Gasteiger partial charge in [-0.3, -0.25) is 4.79 Å². The van der Waals surface area contributed by atoms with Gasteiger partial charge in [-0.25, -0.2) is 0 Å². The van der Waals surface area contributed by atoms with Gasteiger partial charge in [0.15, 0.2) is 0 Å². The molecule has 0 saturated heterocycles. The van der Waals surface area contributed by atoms with Gasteiger partial charge >= 0.3 is 0 Å². The van der Waals surface area contributed by atoms with E-state index in [0.717, 1.165) is 0 Å². The highest BCUT2D eigenvalue weighted by Gasteiger charge is 2.28. The maximum atomic E-state index is 12.1. The van der Waals surface area contributed by atoms with Gasteiger partial charge in [0, 0.05) is 18.7 Å². The lowest BCUT2D eigenvalue weighted by atomic mass is 10.1. The second-order valence-corrected chi connectivity index (χ2v) is 4.78. The van der Waals surface area contributed by atoms with Gasteiger partial charge in [-0.2, -0.15) is 0 Å². The Morgan fingerprint density at radius 1 is 1.42 bits per heavy atom. The molecule has 1 saturated carbocycles. The van der Waals surface area contributed by atoms with Crippen LogP contribution in [0.5, 0.6) is 11.5 Å². The summed E-state index contributed by atoms with van der Waals surface area (Å²) in [5.74, 6) is 1.55. The molecular formula is C14H20N2O3. The lowest BCUT2D eigenvalue weighted by Gasteiger charge is -2.13. The smallest absolute Gasteiger partial charge is 0.255 e. The molecule has 0 bridgehead atoms. The molecule has 1 unspecified atom stereocenters. The molecule has 1 aromatic rings. The van der Waals surface area contributed by atoms with Crippen molar-refractivity contribution in [3.63, 3.8) is 0 Å². The van der Waals surface area contributed by atoms with Gasteiger partial charge in [0.1, 0.15) is 11.5 Å². The van der Waals surface area contributed by atoms with Crippen molar-refractivity contribution in [3.8, 4) is 11.5 Å². The summed E-state index contributed by atoms with van der Waals surface area (Å²) in [7, 11) is 3.10. The van der Waals surface area contributed by atoms with E-state index in [2.05, 4.69) is 5.32 Å². The summed E-state index contributed by atoms with van der Waals surface area (Å²) in [5.41, 5.74) is 6.45. The standard InChI is InChI=1S/C14H20N2O3/c1-18-10-5-6-11(13(7-10)19-2)14(17)16-8-12(15)9-3-4-9/h5-7,9,12H,3-4,8,15H2,1-2H3,(H,16,17). The Morgan fingerprint density at radius 2 is 2.16 bits per heavy atom. The molecule has 1 aliphatic carbocycles. The van der Waals surface area contributed by atoms with Crippen LogP contribution in [0.4, 0.5) is 0 Å². The third-order valence-corrected chi connectivity index (χ3v) is 3.38. The Balaban J connectivity index is 2.00. The van der Waals surface area contributed by atoms with Crippen LogP contribution in [0, 0.1) is 5.92 Å². The van der Waals surface area contributed by atoms with E-state index in [0.29, 0.717) is 29.5 Å². The highest BCUT2D eigenvalue weighted by atomic mass is 16.5. The Bertz CT molecular complexity index is 458. The second kappa shape index (κ2) is 5.93. The van der Waals surface area contributed by atoms with E-state index in [1.54, 1.807) is 25.3 Å². The molecule has 19 heavy (non-hydrogen) atoms. The van der Waals surface area contributed by atoms with E-state index in [1.165, 1.54) is 20.0 Å². The number of carbonyl (C=O) groups excluding carboxylic acids is 1. The molecule has 0 aliphatic heterocycles. The molecule has 1 atom stereocenters. The average Bonchev–Trinajstić information content (AvgIpc) is 3.28. The zero-order chi connectivity index (χ0) is 13.8. The molecule has 2 rings (SSSR count). The number of methoxy groups -OCH3 is 2. The van der Waals surface area contributed by atoms with Gasteiger partial charge in [0.2, 0.25) is 0 Å². The molecular weight excluding hydrogens is 244 g/mol. The Morgan fingerprint density at radius 3 is 2.74 bits per heavy atom. The first-order chi connectivity index (χ1) is 9.15. The summed E-state index contributed by atoms with van der Waals surface area (Å²) >= 11 is 0. The van der Waals surface area contributed by atoms with Gasteiger partial charge in [-0.1, -0.05) is 0 Å². The highest BCUT2D eigenvalue weighted by Crippen LogP contribution is 2.31. The minimum atomic E-state index is -0.171. The monoisotopic (exact) mass is 264 g/mol. The topological polar surface area (TPSA) is 73.6 Å². The van der Waals surface area contributed by atoms with Crippen molar-refractivity contribution in [1.29, 1.82) is 0 Å². The minimum absolute atomic E-state index is 0.0493. The Hall–Kier alpha value is -1.75. The first-order valence-electron chi connectivity index (χ1n) is 6.41. The van der Waals surface area contributed by atoms with Gasteiger partial charge in [-0.05, 0) is 30.9 Å². The van der Waals surface area contributed by atoms with E-state index in [1.807, 2.05) is 0 Å². The molecule has 5 heteroatoms. The summed E-state index contributed by atoms with van der Waals surface area (Å²) in [4.78, 5) is 12.1. The zero-order valence-electron chi connectivity index (χ0n) is 11.3. The van der Waals surface area contributed by atoms with Crippen LogP contribution in [-0.2, 0) is 0 Å². The largest absolute Gasteiger partial charge is 0.497 e. The molecule has 104 valence electrons. The number of nitrogens with one attached hydrogen (secondary N) is 1. The van der Waals surface area contributed by atoms with Crippen molar-refractivity contribution in [2.75, 3.05) is 20.8 Å². The number of hydrogen-bond donors (Lipinski definition) is 2. The molecule has 1 amide bonds. The summed E-state index contributed by atoms with van der Waals surface area (Å²) in [6.45, 7) is 0.499. The van der Waals surface area contributed by atoms with Crippen LogP contribution in [0.1, 0.15) is 23.2 Å². The molecule has 1 aromatic carbocycles. The summed E-state index contributed by atoms with van der Waals surface area (Å²) < 4.78 is 10.3. The molecule has 0 aromatic heterocycles. The number of benzene rings is 1. The number of carbonyl (C=O) groups is 1. The predicted octanol–water partition coefficient (Wildman–Crippen LogP) is 1.17. The maximum absolute atomic E-state index is 12.1. The van der Waals surface area contributed by atoms with Crippen LogP contribution in [0.2, 0.25) is 0 Å². The van der Waals surface area contributed by atoms with E-state index in [-0.39, 0.29) is 11.9 Å². The summed E-state index contributed by atoms with van der Waals surface area (Å²) in [5, 5.41) is 2.85. The predicted molar refractivity (Wildman–Crippen MR) is 72.6 cm³/mol. The van der Waals surface area contributed by atoms with Crippen molar-refractivity contribution in [2.24, 2.45) is 11.7 Å². The second-order valence-electron chi connectivity index (χ2n) is 4.78. The van der Waals surface area contributed by atoms with Gasteiger partial charge in [0.25, 0.3) is 5.91 Å². The minimum Gasteiger partial charge on any atom is -0.497 e. The zero-order valence-corrected chi connectivity index (χ0v) is 11.3. The third-order valence-electron chi connectivity index (χ3n) is 3.38. The molecule has 0 heterocycles. The number of ether oxygens (including phenoxy) is 2. The fourth-order valence-electron chi connectivity index (χ4n) is 1.98. The normalized spacial score (nSPS) is 15.7. The van der Waals surface area contributed by atoms with E-state index in [4.69, 9.17) is 15.2 Å². The van der Waals surface area contributed by atoms with Gasteiger partial charge in [0.05, 0.1) is 19.8 Å². The fraction of sp³-hybridized carbons (Fsp3) is 0.500. The summed E-state index contributed by atoms with van der Waals surface area (Å²) in [6, 6.07) is 5.16. The van der Waals surface area contributed by atoms with E-state index >= 15 is 0 Å². The van der Waals surface area contributed by atoms with Crippen LogP contribution >= 0.6 is 0 Å². The average molecular weight is 264 g/mol. The quantitative estimate of drug-likeness (QED) is 0.809. The molecule has 3 N–H and O–H groups in total. The lowest BCUT2D eigenvalue weighted by molar-refractivity contribution is 0.0947. The number of amides is 1. The maximum Gasteiger partial charge on any atom is 0.255 e. The van der Waals surface area contributed by atoms with Crippen molar-refractivity contribution in [2.45, 2.75) is 18.9 Å². The number of hydrogen-bond acceptors (Lipinski definition) is 4. The van der Waals surface area contributed by atoms with Crippen molar-refractivity contribution < 1.29 is 14.3 Å². The van der Waals surface area contributed by atoms with Crippen LogP contribution in [0.15, 0.2) is 18.2 Å². The Kier molecular flexibility index (Phi) is 4.27. The van der Waals surface area contributed by atoms with Crippen LogP contribution in [0.25, 0.3) is 0 Å². The fourth-order valence-corrected chi connectivity index (χ4v) is 1.98.